The molecule has 3 aromatic carbocycles. The number of thiocarbonyl (C=S) groups is 1. The fourth-order valence-electron chi connectivity index (χ4n) is 3.72. The maximum atomic E-state index is 13.3. The highest BCUT2D eigenvalue weighted by atomic mass is 35.5. The molecule has 0 fully saturated rings. The van der Waals surface area contributed by atoms with Crippen LogP contribution in [0.5, 0.6) is 0 Å². The fourth-order valence-corrected chi connectivity index (χ4v) is 4.83. The maximum Gasteiger partial charge on any atom is 0.272 e. The fraction of sp³-hybridized carbons (Fsp3) is 0.160. The molecule has 2 N–H and O–H groups in total. The van der Waals surface area contributed by atoms with Crippen molar-refractivity contribution in [2.45, 2.75) is 12.6 Å². The van der Waals surface area contributed by atoms with Crippen LogP contribution >= 0.6 is 58.6 Å². The van der Waals surface area contributed by atoms with E-state index in [0.29, 0.717) is 55.6 Å². The van der Waals surface area contributed by atoms with Crippen LogP contribution in [-0.4, -0.2) is 36.5 Å². The Morgan fingerprint density at radius 3 is 2.43 bits per heavy atom. The van der Waals surface area contributed by atoms with Gasteiger partial charge in [0.15, 0.2) is 5.11 Å². The SMILES string of the molecule is CN1C(=O)C(NC(=S)NCCc2ccc(Cl)cc2Cl)N=C(c2ccccc2Cl)c2cc(Cl)ccc21. The summed E-state index contributed by atoms with van der Waals surface area (Å²) >= 11 is 30.5. The molecule has 4 rings (SSSR count). The molecule has 1 unspecified atom stereocenters. The van der Waals surface area contributed by atoms with Crippen molar-refractivity contribution in [3.05, 3.63) is 97.4 Å². The summed E-state index contributed by atoms with van der Waals surface area (Å²) in [5.74, 6) is -0.277. The third-order valence-electron chi connectivity index (χ3n) is 5.49. The zero-order chi connectivity index (χ0) is 25.1. The molecule has 0 saturated carbocycles. The van der Waals surface area contributed by atoms with Gasteiger partial charge in [0.1, 0.15) is 0 Å². The van der Waals surface area contributed by atoms with Crippen molar-refractivity contribution in [1.82, 2.24) is 10.6 Å². The van der Waals surface area contributed by atoms with Crippen LogP contribution in [0, 0.1) is 0 Å². The molecule has 180 valence electrons. The Morgan fingerprint density at radius 2 is 1.69 bits per heavy atom. The van der Waals surface area contributed by atoms with Crippen LogP contribution in [0.3, 0.4) is 0 Å². The molecule has 35 heavy (non-hydrogen) atoms. The van der Waals surface area contributed by atoms with Crippen LogP contribution in [0.2, 0.25) is 20.1 Å². The number of anilines is 1. The predicted molar refractivity (Wildman–Crippen MR) is 150 cm³/mol. The first-order chi connectivity index (χ1) is 16.7. The van der Waals surface area contributed by atoms with Crippen LogP contribution in [0.4, 0.5) is 5.69 Å². The first-order valence-electron chi connectivity index (χ1n) is 10.6. The van der Waals surface area contributed by atoms with E-state index in [0.717, 1.165) is 5.56 Å². The summed E-state index contributed by atoms with van der Waals surface area (Å²) < 4.78 is 0. The third kappa shape index (κ3) is 5.90. The van der Waals surface area contributed by atoms with Crippen molar-refractivity contribution in [2.75, 3.05) is 18.5 Å². The van der Waals surface area contributed by atoms with E-state index in [-0.39, 0.29) is 11.0 Å². The Hall–Kier alpha value is -2.35. The second-order valence-electron chi connectivity index (χ2n) is 7.80. The van der Waals surface area contributed by atoms with Gasteiger partial charge in [-0.05, 0) is 60.6 Å². The van der Waals surface area contributed by atoms with E-state index < -0.39 is 6.17 Å². The van der Waals surface area contributed by atoms with Crippen LogP contribution in [0.25, 0.3) is 0 Å². The first-order valence-corrected chi connectivity index (χ1v) is 12.5. The molecular formula is C25H20Cl4N4OS. The number of carbonyl (C=O) groups is 1. The minimum Gasteiger partial charge on any atom is -0.362 e. The number of fused-ring (bicyclic) bond motifs is 1. The molecule has 3 aromatic rings. The highest BCUT2D eigenvalue weighted by Crippen LogP contribution is 2.31. The normalized spacial score (nSPS) is 15.2. The number of nitrogens with zero attached hydrogens (tertiary/aromatic N) is 2. The van der Waals surface area contributed by atoms with Crippen molar-refractivity contribution in [3.63, 3.8) is 0 Å². The molecule has 0 radical (unpaired) electrons. The summed E-state index contributed by atoms with van der Waals surface area (Å²) in [5.41, 5.74) is 3.52. The first kappa shape index (κ1) is 25.7. The molecule has 0 saturated heterocycles. The van der Waals surface area contributed by atoms with Gasteiger partial charge in [-0.1, -0.05) is 70.7 Å². The molecule has 1 heterocycles. The quantitative estimate of drug-likeness (QED) is 0.364. The van der Waals surface area contributed by atoms with Crippen molar-refractivity contribution in [1.29, 1.82) is 0 Å². The van der Waals surface area contributed by atoms with Gasteiger partial charge < -0.3 is 15.5 Å². The van der Waals surface area contributed by atoms with Gasteiger partial charge in [0.2, 0.25) is 6.17 Å². The second-order valence-corrected chi connectivity index (χ2v) is 9.90. The second kappa shape index (κ2) is 11.1. The molecule has 0 bridgehead atoms. The van der Waals surface area contributed by atoms with Gasteiger partial charge in [-0.25, -0.2) is 4.99 Å². The summed E-state index contributed by atoms with van der Waals surface area (Å²) in [6.07, 6.45) is -0.356. The van der Waals surface area contributed by atoms with Crippen molar-refractivity contribution in [2.24, 2.45) is 4.99 Å². The molecule has 10 heteroatoms. The van der Waals surface area contributed by atoms with Crippen LogP contribution in [0.1, 0.15) is 16.7 Å². The van der Waals surface area contributed by atoms with Crippen LogP contribution in [0.15, 0.2) is 65.7 Å². The molecule has 5 nitrogen and oxygen atoms in total. The Balaban J connectivity index is 1.58. The number of hydrogen-bond donors (Lipinski definition) is 2. The number of aliphatic imine (C=N–C) groups is 1. The molecule has 1 aliphatic rings. The molecule has 0 spiro atoms. The van der Waals surface area contributed by atoms with Gasteiger partial charge in [-0.2, -0.15) is 0 Å². The zero-order valence-electron chi connectivity index (χ0n) is 18.5. The van der Waals surface area contributed by atoms with E-state index in [9.17, 15) is 4.79 Å². The van der Waals surface area contributed by atoms with Gasteiger partial charge in [-0.3, -0.25) is 4.79 Å². The Morgan fingerprint density at radius 1 is 0.971 bits per heavy atom. The number of likely N-dealkylation sites (N-methyl/N-ethyl adjacent to an activating group) is 1. The molecule has 1 aliphatic heterocycles. The Labute approximate surface area is 229 Å². The highest BCUT2D eigenvalue weighted by molar-refractivity contribution is 7.80. The van der Waals surface area contributed by atoms with Gasteiger partial charge >= 0.3 is 0 Å². The highest BCUT2D eigenvalue weighted by Gasteiger charge is 2.31. The maximum absolute atomic E-state index is 13.3. The van der Waals surface area contributed by atoms with Gasteiger partial charge in [0.25, 0.3) is 5.91 Å². The van der Waals surface area contributed by atoms with Gasteiger partial charge in [0, 0.05) is 44.8 Å². The average Bonchev–Trinajstić information content (AvgIpc) is 2.91. The lowest BCUT2D eigenvalue weighted by molar-refractivity contribution is -0.119. The summed E-state index contributed by atoms with van der Waals surface area (Å²) in [5, 5.41) is 8.62. The van der Waals surface area contributed by atoms with Gasteiger partial charge in [0.05, 0.1) is 11.4 Å². The number of carbonyl (C=O) groups excluding carboxylic acids is 1. The number of amides is 1. The number of nitrogens with one attached hydrogen (secondary N) is 2. The summed E-state index contributed by atoms with van der Waals surface area (Å²) in [4.78, 5) is 19.6. The van der Waals surface area contributed by atoms with E-state index in [1.54, 1.807) is 43.4 Å². The number of benzene rings is 3. The predicted octanol–water partition coefficient (Wildman–Crippen LogP) is 6.15. The standard InChI is InChI=1S/C25H20Cl4N4OS/c1-33-21-9-8-15(26)12-18(21)22(17-4-2-3-5-19(17)28)31-23(24(33)34)32-25(35)30-11-10-14-6-7-16(27)13-20(14)29/h2-9,12-13,23H,10-11H2,1H3,(H2,30,32,35). The lowest BCUT2D eigenvalue weighted by atomic mass is 10.00. The van der Waals surface area contributed by atoms with Crippen LogP contribution in [-0.2, 0) is 11.2 Å². The van der Waals surface area contributed by atoms with E-state index in [1.807, 2.05) is 24.3 Å². The molecule has 0 aromatic heterocycles. The third-order valence-corrected chi connectivity index (χ3v) is 6.90. The van der Waals surface area contributed by atoms with Crippen LogP contribution < -0.4 is 15.5 Å². The van der Waals surface area contributed by atoms with E-state index in [4.69, 9.17) is 63.6 Å². The Bertz CT molecular complexity index is 1330. The minimum atomic E-state index is -0.975. The smallest absolute Gasteiger partial charge is 0.272 e. The molecule has 0 aliphatic carbocycles. The van der Waals surface area contributed by atoms with Gasteiger partial charge in [-0.15, -0.1) is 0 Å². The topological polar surface area (TPSA) is 56.7 Å². The van der Waals surface area contributed by atoms with E-state index in [2.05, 4.69) is 10.6 Å². The summed E-state index contributed by atoms with van der Waals surface area (Å²) in [6.45, 7) is 0.501. The lowest BCUT2D eigenvalue weighted by Crippen LogP contribution is -2.49. The lowest BCUT2D eigenvalue weighted by Gasteiger charge is -2.22. The van der Waals surface area contributed by atoms with Crippen molar-refractivity contribution in [3.8, 4) is 0 Å². The van der Waals surface area contributed by atoms with Crippen molar-refractivity contribution < 1.29 is 4.79 Å². The largest absolute Gasteiger partial charge is 0.362 e. The van der Waals surface area contributed by atoms with Crippen molar-refractivity contribution >= 4 is 81.0 Å². The Kier molecular flexibility index (Phi) is 8.19. The zero-order valence-corrected chi connectivity index (χ0v) is 22.3. The molecular weight excluding hydrogens is 546 g/mol. The number of hydrogen-bond acceptors (Lipinski definition) is 3. The number of halogens is 4. The number of benzodiazepines with no additional fused rings is 1. The van der Waals surface area contributed by atoms with E-state index >= 15 is 0 Å². The minimum absolute atomic E-state index is 0.277. The monoisotopic (exact) mass is 564 g/mol. The molecule has 1 amide bonds. The molecule has 1 atom stereocenters. The number of rotatable bonds is 5. The van der Waals surface area contributed by atoms with E-state index in [1.165, 1.54) is 4.90 Å². The summed E-state index contributed by atoms with van der Waals surface area (Å²) in [6, 6.07) is 18.0. The summed E-state index contributed by atoms with van der Waals surface area (Å²) in [7, 11) is 1.69. The average molecular weight is 566 g/mol.